The summed E-state index contributed by atoms with van der Waals surface area (Å²) in [5.41, 5.74) is 8.49. The van der Waals surface area contributed by atoms with Gasteiger partial charge in [0.25, 0.3) is 0 Å². The Balaban J connectivity index is 2.15. The minimum absolute atomic E-state index is 0.647. The first-order chi connectivity index (χ1) is 8.60. The van der Waals surface area contributed by atoms with Crippen LogP contribution < -0.4 is 15.4 Å². The van der Waals surface area contributed by atoms with Crippen LogP contribution in [0.15, 0.2) is 28.8 Å². The number of aromatic nitrogens is 1. The summed E-state index contributed by atoms with van der Waals surface area (Å²) in [6.07, 6.45) is 0. The first-order valence-corrected chi connectivity index (χ1v) is 5.67. The number of benzene rings is 1. The number of anilines is 2. The lowest BCUT2D eigenvalue weighted by Crippen LogP contribution is -2.17. The molecule has 2 N–H and O–H groups in total. The Kier molecular flexibility index (Phi) is 3.41. The average Bonchev–Trinajstić information content (AvgIpc) is 2.74. The van der Waals surface area contributed by atoms with Gasteiger partial charge in [-0.05, 0) is 19.1 Å². The van der Waals surface area contributed by atoms with Crippen LogP contribution >= 0.6 is 0 Å². The molecule has 0 saturated carbocycles. The molecule has 0 aliphatic rings. The van der Waals surface area contributed by atoms with Gasteiger partial charge in [-0.15, -0.1) is 0 Å². The molecule has 5 heteroatoms. The molecule has 0 aliphatic carbocycles. The molecule has 0 bridgehead atoms. The summed E-state index contributed by atoms with van der Waals surface area (Å²) in [5, 5.41) is 3.96. The molecule has 0 atom stereocenters. The second-order valence-electron chi connectivity index (χ2n) is 4.21. The third-order valence-corrected chi connectivity index (χ3v) is 2.72. The van der Waals surface area contributed by atoms with Crippen molar-refractivity contribution in [2.45, 2.75) is 13.5 Å². The van der Waals surface area contributed by atoms with Gasteiger partial charge >= 0.3 is 0 Å². The fraction of sp³-hybridized carbons (Fsp3) is 0.308. The lowest BCUT2D eigenvalue weighted by Gasteiger charge is -2.20. The zero-order chi connectivity index (χ0) is 13.1. The van der Waals surface area contributed by atoms with E-state index < -0.39 is 0 Å². The lowest BCUT2D eigenvalue weighted by molar-refractivity contribution is 0.390. The van der Waals surface area contributed by atoms with Crippen LogP contribution in [0.5, 0.6) is 5.75 Å². The average molecular weight is 247 g/mol. The van der Waals surface area contributed by atoms with Crippen molar-refractivity contribution in [3.8, 4) is 5.75 Å². The van der Waals surface area contributed by atoms with Crippen molar-refractivity contribution in [3.63, 3.8) is 0 Å². The maximum atomic E-state index is 5.99. The molecule has 1 heterocycles. The van der Waals surface area contributed by atoms with Crippen molar-refractivity contribution in [2.75, 3.05) is 24.8 Å². The van der Waals surface area contributed by atoms with E-state index in [0.717, 1.165) is 22.9 Å². The van der Waals surface area contributed by atoms with Gasteiger partial charge in [-0.25, -0.2) is 0 Å². The zero-order valence-corrected chi connectivity index (χ0v) is 10.8. The lowest BCUT2D eigenvalue weighted by atomic mass is 10.2. The van der Waals surface area contributed by atoms with Gasteiger partial charge in [0.15, 0.2) is 0 Å². The molecule has 0 radical (unpaired) electrons. The predicted molar refractivity (Wildman–Crippen MR) is 70.8 cm³/mol. The van der Waals surface area contributed by atoms with Crippen LogP contribution in [0, 0.1) is 6.92 Å². The number of hydrogen-bond acceptors (Lipinski definition) is 5. The molecular weight excluding hydrogens is 230 g/mol. The quantitative estimate of drug-likeness (QED) is 0.839. The maximum Gasteiger partial charge on any atom is 0.133 e. The Morgan fingerprint density at radius 2 is 2.17 bits per heavy atom. The van der Waals surface area contributed by atoms with Gasteiger partial charge in [0.2, 0.25) is 0 Å². The molecule has 5 nitrogen and oxygen atoms in total. The molecule has 2 rings (SSSR count). The first kappa shape index (κ1) is 12.3. The molecule has 2 aromatic rings. The third kappa shape index (κ3) is 2.56. The van der Waals surface area contributed by atoms with Crippen LogP contribution in [-0.2, 0) is 6.54 Å². The van der Waals surface area contributed by atoms with E-state index in [1.165, 1.54) is 0 Å². The Morgan fingerprint density at radius 1 is 1.39 bits per heavy atom. The third-order valence-electron chi connectivity index (χ3n) is 2.72. The van der Waals surface area contributed by atoms with E-state index in [0.29, 0.717) is 12.2 Å². The van der Waals surface area contributed by atoms with Crippen LogP contribution in [0.2, 0.25) is 0 Å². The summed E-state index contributed by atoms with van der Waals surface area (Å²) in [4.78, 5) is 2.02. The summed E-state index contributed by atoms with van der Waals surface area (Å²) in [6.45, 7) is 2.52. The number of hydrogen-bond donors (Lipinski definition) is 1. The number of methoxy groups -OCH3 is 1. The number of nitrogen functional groups attached to an aromatic ring is 1. The molecule has 0 saturated heterocycles. The molecule has 0 unspecified atom stereocenters. The normalized spacial score (nSPS) is 10.4. The zero-order valence-electron chi connectivity index (χ0n) is 10.8. The van der Waals surface area contributed by atoms with Gasteiger partial charge < -0.3 is 19.9 Å². The molecule has 0 fully saturated rings. The highest BCUT2D eigenvalue weighted by Gasteiger charge is 2.09. The van der Waals surface area contributed by atoms with Crippen molar-refractivity contribution < 1.29 is 9.26 Å². The summed E-state index contributed by atoms with van der Waals surface area (Å²) >= 11 is 0. The molecule has 0 spiro atoms. The highest BCUT2D eigenvalue weighted by molar-refractivity contribution is 5.69. The highest BCUT2D eigenvalue weighted by Crippen LogP contribution is 2.27. The first-order valence-electron chi connectivity index (χ1n) is 5.67. The van der Waals surface area contributed by atoms with E-state index in [-0.39, 0.29) is 0 Å². The number of aryl methyl sites for hydroxylation is 1. The molecule has 96 valence electrons. The van der Waals surface area contributed by atoms with E-state index in [4.69, 9.17) is 15.0 Å². The van der Waals surface area contributed by atoms with Gasteiger partial charge in [0.05, 0.1) is 25.0 Å². The minimum Gasteiger partial charge on any atom is -0.497 e. The molecule has 18 heavy (non-hydrogen) atoms. The second kappa shape index (κ2) is 5.00. The molecular formula is C13H17N3O2. The van der Waals surface area contributed by atoms with Gasteiger partial charge in [-0.3, -0.25) is 0 Å². The smallest absolute Gasteiger partial charge is 0.133 e. The molecule has 0 amide bonds. The summed E-state index contributed by atoms with van der Waals surface area (Å²) < 4.78 is 10.2. The number of ether oxygens (including phenoxy) is 1. The standard InChI is InChI=1S/C13H17N3O2/c1-9-6-10(15-18-9)8-16(2)13-5-4-11(17-3)7-12(13)14/h4-7H,8,14H2,1-3H3. The van der Waals surface area contributed by atoms with Crippen molar-refractivity contribution in [1.82, 2.24) is 5.16 Å². The Hall–Kier alpha value is -2.17. The van der Waals surface area contributed by atoms with Crippen LogP contribution in [-0.4, -0.2) is 19.3 Å². The SMILES string of the molecule is COc1ccc(N(C)Cc2cc(C)on2)c(N)c1. The number of nitrogens with zero attached hydrogens (tertiary/aromatic N) is 2. The van der Waals surface area contributed by atoms with Gasteiger partial charge in [-0.1, -0.05) is 5.16 Å². The summed E-state index contributed by atoms with van der Waals surface area (Å²) in [7, 11) is 3.58. The second-order valence-corrected chi connectivity index (χ2v) is 4.21. The van der Waals surface area contributed by atoms with Crippen LogP contribution in [0.4, 0.5) is 11.4 Å². The van der Waals surface area contributed by atoms with Crippen molar-refractivity contribution in [3.05, 3.63) is 35.7 Å². The van der Waals surface area contributed by atoms with E-state index in [1.54, 1.807) is 13.2 Å². The molecule has 1 aromatic heterocycles. The minimum atomic E-state index is 0.647. The van der Waals surface area contributed by atoms with Gasteiger partial charge in [0, 0.05) is 19.2 Å². The van der Waals surface area contributed by atoms with E-state index in [9.17, 15) is 0 Å². The fourth-order valence-electron chi connectivity index (χ4n) is 1.83. The highest BCUT2D eigenvalue weighted by atomic mass is 16.5. The van der Waals surface area contributed by atoms with E-state index >= 15 is 0 Å². The Bertz CT molecular complexity index is 537. The van der Waals surface area contributed by atoms with Crippen LogP contribution in [0.25, 0.3) is 0 Å². The number of nitrogens with two attached hydrogens (primary N) is 1. The van der Waals surface area contributed by atoms with Gasteiger partial charge in [-0.2, -0.15) is 0 Å². The maximum absolute atomic E-state index is 5.99. The molecule has 1 aromatic carbocycles. The van der Waals surface area contributed by atoms with Crippen molar-refractivity contribution in [1.29, 1.82) is 0 Å². The Morgan fingerprint density at radius 3 is 2.72 bits per heavy atom. The van der Waals surface area contributed by atoms with Crippen LogP contribution in [0.1, 0.15) is 11.5 Å². The summed E-state index contributed by atoms with van der Waals surface area (Å²) in [5.74, 6) is 1.56. The summed E-state index contributed by atoms with van der Waals surface area (Å²) in [6, 6.07) is 7.54. The topological polar surface area (TPSA) is 64.5 Å². The van der Waals surface area contributed by atoms with E-state index in [1.807, 2.05) is 37.1 Å². The van der Waals surface area contributed by atoms with Crippen molar-refractivity contribution in [2.24, 2.45) is 0 Å². The number of rotatable bonds is 4. The largest absolute Gasteiger partial charge is 0.497 e. The van der Waals surface area contributed by atoms with Gasteiger partial charge in [0.1, 0.15) is 17.2 Å². The molecule has 0 aliphatic heterocycles. The predicted octanol–water partition coefficient (Wildman–Crippen LogP) is 2.21. The monoisotopic (exact) mass is 247 g/mol. The van der Waals surface area contributed by atoms with E-state index in [2.05, 4.69) is 5.16 Å². The fourth-order valence-corrected chi connectivity index (χ4v) is 1.83. The Labute approximate surface area is 106 Å². The van der Waals surface area contributed by atoms with Crippen LogP contribution in [0.3, 0.4) is 0 Å². The van der Waals surface area contributed by atoms with Crippen molar-refractivity contribution >= 4 is 11.4 Å².